The summed E-state index contributed by atoms with van der Waals surface area (Å²) in [6, 6.07) is 12.8. The average molecular weight is 400 g/mol. The van der Waals surface area contributed by atoms with Crippen LogP contribution in [0.15, 0.2) is 64.6 Å². The van der Waals surface area contributed by atoms with Gasteiger partial charge in [-0.15, -0.1) is 0 Å². The van der Waals surface area contributed by atoms with Gasteiger partial charge < -0.3 is 0 Å². The predicted molar refractivity (Wildman–Crippen MR) is 105 cm³/mol. The molecule has 1 aliphatic heterocycles. The third kappa shape index (κ3) is 2.73. The smallest absolute Gasteiger partial charge is 0.271 e. The lowest BCUT2D eigenvalue weighted by molar-refractivity contribution is -0.0681. The number of rotatable bonds is 2. The lowest BCUT2D eigenvalue weighted by Crippen LogP contribution is -2.44. The summed E-state index contributed by atoms with van der Waals surface area (Å²) in [5.74, 6) is -3.12. The lowest BCUT2D eigenvalue weighted by Gasteiger charge is -2.37. The van der Waals surface area contributed by atoms with Crippen LogP contribution in [0.5, 0.6) is 0 Å². The Morgan fingerprint density at radius 1 is 1.00 bits per heavy atom. The Labute approximate surface area is 161 Å². The Kier molecular flexibility index (Phi) is 3.94. The molecule has 2 heterocycles. The normalized spacial score (nSPS) is 17.8. The zero-order chi connectivity index (χ0) is 20.3. The molecule has 1 aliphatic rings. The fraction of sp³-hybridized carbons (Fsp3) is 0.238. The van der Waals surface area contributed by atoms with E-state index in [-0.39, 0.29) is 10.5 Å². The first-order chi connectivity index (χ1) is 13.0. The van der Waals surface area contributed by atoms with E-state index in [0.29, 0.717) is 27.7 Å². The Balaban J connectivity index is 2.02. The minimum atomic E-state index is -3.48. The molecule has 1 aromatic heterocycles. The molecule has 0 amide bonds. The maximum absolute atomic E-state index is 14.9. The number of pyridine rings is 1. The molecule has 0 saturated carbocycles. The van der Waals surface area contributed by atoms with Gasteiger partial charge in [0.2, 0.25) is 0 Å². The van der Waals surface area contributed by atoms with Gasteiger partial charge in [0.05, 0.1) is 16.1 Å². The van der Waals surface area contributed by atoms with Crippen LogP contribution in [0.4, 0.5) is 8.78 Å². The molecule has 0 atom stereocenters. The summed E-state index contributed by atoms with van der Waals surface area (Å²) in [7, 11) is -3.48. The molecule has 0 radical (unpaired) electrons. The summed E-state index contributed by atoms with van der Waals surface area (Å²) in [5, 5.41) is 0.442. The van der Waals surface area contributed by atoms with Crippen molar-refractivity contribution in [1.82, 2.24) is 4.98 Å². The fourth-order valence-electron chi connectivity index (χ4n) is 3.51. The highest BCUT2D eigenvalue weighted by Crippen LogP contribution is 2.46. The summed E-state index contributed by atoms with van der Waals surface area (Å²) < 4.78 is 54.2. The monoisotopic (exact) mass is 400 g/mol. The van der Waals surface area contributed by atoms with E-state index >= 15 is 0 Å². The SMILES string of the molecule is CC1(C)N=C(c2ccc3nccc(S(C)(=O)=O)c3c2)c2ccccc2C1(F)F. The predicted octanol–water partition coefficient (Wildman–Crippen LogP) is 4.36. The number of sulfone groups is 1. The van der Waals surface area contributed by atoms with Crippen LogP contribution in [-0.2, 0) is 15.8 Å². The summed E-state index contributed by atoms with van der Waals surface area (Å²) in [6.07, 6.45) is 2.57. The summed E-state index contributed by atoms with van der Waals surface area (Å²) in [6.45, 7) is 2.79. The quantitative estimate of drug-likeness (QED) is 0.642. The van der Waals surface area contributed by atoms with Crippen molar-refractivity contribution in [2.75, 3.05) is 6.26 Å². The number of alkyl halides is 2. The van der Waals surface area contributed by atoms with Gasteiger partial charge in [0.15, 0.2) is 9.84 Å². The van der Waals surface area contributed by atoms with Crippen molar-refractivity contribution < 1.29 is 17.2 Å². The van der Waals surface area contributed by atoms with Crippen LogP contribution >= 0.6 is 0 Å². The number of hydrogen-bond acceptors (Lipinski definition) is 4. The highest BCUT2D eigenvalue weighted by molar-refractivity contribution is 7.91. The number of halogens is 2. The van der Waals surface area contributed by atoms with Gasteiger partial charge in [-0.2, -0.15) is 8.78 Å². The molecule has 7 heteroatoms. The molecule has 144 valence electrons. The van der Waals surface area contributed by atoms with Gasteiger partial charge in [-0.25, -0.2) is 8.42 Å². The zero-order valence-corrected chi connectivity index (χ0v) is 16.4. The van der Waals surface area contributed by atoms with E-state index in [1.54, 1.807) is 36.4 Å². The van der Waals surface area contributed by atoms with E-state index in [4.69, 9.17) is 0 Å². The first-order valence-electron chi connectivity index (χ1n) is 8.69. The van der Waals surface area contributed by atoms with Crippen LogP contribution in [0.25, 0.3) is 10.9 Å². The molecular weight excluding hydrogens is 382 g/mol. The van der Waals surface area contributed by atoms with Gasteiger partial charge in [-0.1, -0.05) is 30.3 Å². The topological polar surface area (TPSA) is 59.4 Å². The van der Waals surface area contributed by atoms with Crippen molar-refractivity contribution in [2.45, 2.75) is 30.2 Å². The molecule has 4 nitrogen and oxygen atoms in total. The van der Waals surface area contributed by atoms with Gasteiger partial charge in [0.25, 0.3) is 5.92 Å². The first kappa shape index (κ1) is 18.7. The summed E-state index contributed by atoms with van der Waals surface area (Å²) >= 11 is 0. The van der Waals surface area contributed by atoms with Crippen LogP contribution in [0.3, 0.4) is 0 Å². The molecule has 3 aromatic rings. The summed E-state index contributed by atoms with van der Waals surface area (Å²) in [4.78, 5) is 8.73. The van der Waals surface area contributed by atoms with Crippen LogP contribution in [0.2, 0.25) is 0 Å². The van der Waals surface area contributed by atoms with Crippen LogP contribution < -0.4 is 0 Å². The Hall–Kier alpha value is -2.67. The number of nitrogens with zero attached hydrogens (tertiary/aromatic N) is 2. The molecule has 0 spiro atoms. The Bertz CT molecular complexity index is 1250. The molecule has 0 unspecified atom stereocenters. The van der Waals surface area contributed by atoms with Crippen LogP contribution in [0, 0.1) is 0 Å². The maximum atomic E-state index is 14.9. The van der Waals surface area contributed by atoms with E-state index in [0.717, 1.165) is 6.26 Å². The lowest BCUT2D eigenvalue weighted by atomic mass is 9.81. The van der Waals surface area contributed by atoms with Gasteiger partial charge in [0.1, 0.15) is 5.54 Å². The van der Waals surface area contributed by atoms with E-state index in [1.807, 2.05) is 0 Å². The van der Waals surface area contributed by atoms with Crippen molar-refractivity contribution in [3.8, 4) is 0 Å². The second-order valence-corrected chi connectivity index (χ2v) is 9.44. The number of benzene rings is 2. The molecule has 0 aliphatic carbocycles. The Morgan fingerprint density at radius 2 is 1.71 bits per heavy atom. The van der Waals surface area contributed by atoms with Crippen molar-refractivity contribution in [3.05, 3.63) is 71.4 Å². The largest absolute Gasteiger partial charge is 0.297 e. The van der Waals surface area contributed by atoms with Gasteiger partial charge in [-0.05, 0) is 32.0 Å². The molecule has 4 rings (SSSR count). The highest BCUT2D eigenvalue weighted by Gasteiger charge is 2.52. The van der Waals surface area contributed by atoms with Gasteiger partial charge in [0, 0.05) is 34.5 Å². The zero-order valence-electron chi connectivity index (χ0n) is 15.6. The highest BCUT2D eigenvalue weighted by atomic mass is 32.2. The van der Waals surface area contributed by atoms with Gasteiger partial charge in [-0.3, -0.25) is 9.98 Å². The van der Waals surface area contributed by atoms with Crippen molar-refractivity contribution >= 4 is 26.5 Å². The first-order valence-corrected chi connectivity index (χ1v) is 10.6. The molecule has 28 heavy (non-hydrogen) atoms. The second-order valence-electron chi connectivity index (χ2n) is 7.45. The van der Waals surface area contributed by atoms with Crippen LogP contribution in [-0.4, -0.2) is 30.9 Å². The van der Waals surface area contributed by atoms with E-state index in [2.05, 4.69) is 9.98 Å². The molecule has 0 fully saturated rings. The third-order valence-electron chi connectivity index (χ3n) is 5.05. The average Bonchev–Trinajstić information content (AvgIpc) is 2.63. The van der Waals surface area contributed by atoms with Crippen molar-refractivity contribution in [1.29, 1.82) is 0 Å². The standard InChI is InChI=1S/C21H18F2N2O2S/c1-20(2)21(22,23)16-7-5-4-6-14(16)19(25-20)13-8-9-17-15(12-13)18(10-11-24-17)28(3,26)27/h4-12H,1-3H3. The molecule has 0 saturated heterocycles. The minimum absolute atomic E-state index is 0.0837. The molecule has 0 bridgehead atoms. The van der Waals surface area contributed by atoms with Gasteiger partial charge >= 0.3 is 0 Å². The molecular formula is C21H18F2N2O2S. The van der Waals surface area contributed by atoms with Crippen molar-refractivity contribution in [3.63, 3.8) is 0 Å². The number of fused-ring (bicyclic) bond motifs is 2. The molecule has 2 aromatic carbocycles. The molecule has 0 N–H and O–H groups in total. The summed E-state index contributed by atoms with van der Waals surface area (Å²) in [5.41, 5.74) is 0.120. The fourth-order valence-corrected chi connectivity index (χ4v) is 4.39. The number of aliphatic imine (C=N–C) groups is 1. The van der Waals surface area contributed by atoms with Crippen LogP contribution in [0.1, 0.15) is 30.5 Å². The van der Waals surface area contributed by atoms with E-state index in [1.165, 1.54) is 32.2 Å². The maximum Gasteiger partial charge on any atom is 0.297 e. The van der Waals surface area contributed by atoms with E-state index < -0.39 is 21.3 Å². The third-order valence-corrected chi connectivity index (χ3v) is 6.21. The second kappa shape index (κ2) is 5.91. The minimum Gasteiger partial charge on any atom is -0.271 e. The Morgan fingerprint density at radius 3 is 2.43 bits per heavy atom. The number of hydrogen-bond donors (Lipinski definition) is 0. The van der Waals surface area contributed by atoms with E-state index in [9.17, 15) is 17.2 Å². The number of aromatic nitrogens is 1. The van der Waals surface area contributed by atoms with Crippen molar-refractivity contribution in [2.24, 2.45) is 4.99 Å².